The number of rotatable bonds is 5. The third-order valence-electron chi connectivity index (χ3n) is 5.97. The first kappa shape index (κ1) is 21.0. The molecule has 0 amide bonds. The quantitative estimate of drug-likeness (QED) is 0.703. The first-order chi connectivity index (χ1) is 13.5. The maximum absolute atomic E-state index is 13.1. The number of ether oxygens (including phenoxy) is 1. The van der Waals surface area contributed by atoms with Gasteiger partial charge < -0.3 is 9.64 Å². The Morgan fingerprint density at radius 3 is 2.45 bits per heavy atom. The summed E-state index contributed by atoms with van der Waals surface area (Å²) in [7, 11) is -3.92. The summed E-state index contributed by atoms with van der Waals surface area (Å²) in [5.41, 5.74) is -0.275. The minimum Gasteiger partial charge on any atom is -0.381 e. The number of sulfonamides is 1. The highest BCUT2D eigenvalue weighted by Gasteiger charge is 2.55. The van der Waals surface area contributed by atoms with E-state index in [2.05, 4.69) is 14.9 Å². The molecule has 3 saturated heterocycles. The van der Waals surface area contributed by atoms with Crippen molar-refractivity contribution in [3.63, 3.8) is 0 Å². The topological polar surface area (TPSA) is 75.6 Å². The van der Waals surface area contributed by atoms with Crippen LogP contribution in [0.2, 0.25) is 0 Å². The van der Waals surface area contributed by atoms with Gasteiger partial charge in [-0.15, -0.1) is 0 Å². The van der Waals surface area contributed by atoms with Gasteiger partial charge in [-0.1, -0.05) is 6.92 Å². The SMILES string of the molecule is CCc1nc(C(F)(F)F)nc(C)c1S(=O)(=O)N1CC2(CN(C[C@@H]3CCOC3)C2)C1. The van der Waals surface area contributed by atoms with Gasteiger partial charge in [-0.25, -0.2) is 18.4 Å². The van der Waals surface area contributed by atoms with Crippen LogP contribution in [0.15, 0.2) is 4.90 Å². The number of aromatic nitrogens is 2. The summed E-state index contributed by atoms with van der Waals surface area (Å²) in [6, 6.07) is 0. The van der Waals surface area contributed by atoms with Gasteiger partial charge in [0.2, 0.25) is 15.8 Å². The van der Waals surface area contributed by atoms with E-state index in [4.69, 9.17) is 4.74 Å². The van der Waals surface area contributed by atoms with Crippen molar-refractivity contribution in [2.24, 2.45) is 11.3 Å². The zero-order valence-electron chi connectivity index (χ0n) is 16.5. The van der Waals surface area contributed by atoms with E-state index in [9.17, 15) is 21.6 Å². The second-order valence-corrected chi connectivity index (χ2v) is 10.3. The van der Waals surface area contributed by atoms with Crippen molar-refractivity contribution in [1.82, 2.24) is 19.2 Å². The van der Waals surface area contributed by atoms with Gasteiger partial charge in [-0.2, -0.15) is 17.5 Å². The van der Waals surface area contributed by atoms with E-state index in [0.717, 1.165) is 39.3 Å². The molecule has 1 spiro atoms. The molecule has 4 heterocycles. The molecule has 0 aromatic carbocycles. The van der Waals surface area contributed by atoms with Crippen LogP contribution >= 0.6 is 0 Å². The summed E-state index contributed by atoms with van der Waals surface area (Å²) in [6.07, 6.45) is -3.56. The van der Waals surface area contributed by atoms with Gasteiger partial charge in [0.25, 0.3) is 0 Å². The predicted molar refractivity (Wildman–Crippen MR) is 97.7 cm³/mol. The number of likely N-dealkylation sites (tertiary alicyclic amines) is 1. The molecule has 4 rings (SSSR count). The van der Waals surface area contributed by atoms with Crippen LogP contribution in [0, 0.1) is 18.3 Å². The number of alkyl halides is 3. The zero-order chi connectivity index (χ0) is 21.0. The number of halogens is 3. The van der Waals surface area contributed by atoms with Gasteiger partial charge in [0.1, 0.15) is 4.90 Å². The minimum atomic E-state index is -4.71. The molecule has 7 nitrogen and oxygen atoms in total. The lowest BCUT2D eigenvalue weighted by Gasteiger charge is -2.60. The monoisotopic (exact) mass is 434 g/mol. The molecular weight excluding hydrogens is 409 g/mol. The Bertz CT molecular complexity index is 886. The van der Waals surface area contributed by atoms with Gasteiger partial charge in [0, 0.05) is 44.7 Å². The molecule has 0 radical (unpaired) electrons. The highest BCUT2D eigenvalue weighted by molar-refractivity contribution is 7.89. The lowest BCUT2D eigenvalue weighted by molar-refractivity contribution is -0.145. The van der Waals surface area contributed by atoms with Gasteiger partial charge in [-0.3, -0.25) is 0 Å². The van der Waals surface area contributed by atoms with E-state index in [1.54, 1.807) is 6.92 Å². The van der Waals surface area contributed by atoms with E-state index in [1.807, 2.05) is 0 Å². The van der Waals surface area contributed by atoms with Gasteiger partial charge in [-0.05, 0) is 25.7 Å². The highest BCUT2D eigenvalue weighted by Crippen LogP contribution is 2.43. The fourth-order valence-corrected chi connectivity index (χ4v) is 6.70. The first-order valence-electron chi connectivity index (χ1n) is 9.79. The average Bonchev–Trinajstić information content (AvgIpc) is 3.06. The van der Waals surface area contributed by atoms with E-state index in [-0.39, 0.29) is 28.1 Å². The molecule has 0 unspecified atom stereocenters. The van der Waals surface area contributed by atoms with Gasteiger partial charge >= 0.3 is 6.18 Å². The first-order valence-corrected chi connectivity index (χ1v) is 11.2. The molecule has 3 aliphatic heterocycles. The number of nitrogens with zero attached hydrogens (tertiary/aromatic N) is 4. The van der Waals surface area contributed by atoms with E-state index >= 15 is 0 Å². The van der Waals surface area contributed by atoms with Crippen LogP contribution in [0.3, 0.4) is 0 Å². The Labute approximate surface area is 168 Å². The molecule has 3 fully saturated rings. The molecule has 1 aromatic heterocycles. The summed E-state index contributed by atoms with van der Waals surface area (Å²) in [5, 5.41) is 0. The Balaban J connectivity index is 1.45. The molecule has 0 bridgehead atoms. The molecule has 1 atom stereocenters. The van der Waals surface area contributed by atoms with Gasteiger partial charge in [0.05, 0.1) is 18.0 Å². The number of hydrogen-bond donors (Lipinski definition) is 0. The van der Waals surface area contributed by atoms with Crippen LogP contribution in [-0.4, -0.2) is 73.5 Å². The van der Waals surface area contributed by atoms with Crippen molar-refractivity contribution in [1.29, 1.82) is 0 Å². The lowest BCUT2D eigenvalue weighted by Crippen LogP contribution is -2.73. The fourth-order valence-electron chi connectivity index (χ4n) is 4.65. The third-order valence-corrected chi connectivity index (χ3v) is 7.96. The van der Waals surface area contributed by atoms with E-state index in [0.29, 0.717) is 19.0 Å². The van der Waals surface area contributed by atoms with Crippen molar-refractivity contribution in [3.8, 4) is 0 Å². The highest BCUT2D eigenvalue weighted by atomic mass is 32.2. The Kier molecular flexibility index (Phi) is 5.16. The summed E-state index contributed by atoms with van der Waals surface area (Å²) >= 11 is 0. The molecule has 0 N–H and O–H groups in total. The van der Waals surface area contributed by atoms with Crippen LogP contribution in [0.1, 0.15) is 30.6 Å². The summed E-state index contributed by atoms with van der Waals surface area (Å²) in [4.78, 5) is 9.09. The Hall–Kier alpha value is -1.30. The minimum absolute atomic E-state index is 0.0421. The summed E-state index contributed by atoms with van der Waals surface area (Å²) in [5.74, 6) is -0.747. The van der Waals surface area contributed by atoms with Crippen LogP contribution in [0.4, 0.5) is 13.2 Å². The Morgan fingerprint density at radius 2 is 1.90 bits per heavy atom. The summed E-state index contributed by atoms with van der Waals surface area (Å²) in [6.45, 7) is 7.92. The second-order valence-electron chi connectivity index (χ2n) is 8.43. The summed E-state index contributed by atoms with van der Waals surface area (Å²) < 4.78 is 71.9. The van der Waals surface area contributed by atoms with E-state index < -0.39 is 22.0 Å². The van der Waals surface area contributed by atoms with Crippen molar-refractivity contribution in [3.05, 3.63) is 17.2 Å². The fraction of sp³-hybridized carbons (Fsp3) is 0.778. The molecule has 0 aliphatic carbocycles. The average molecular weight is 434 g/mol. The third kappa shape index (κ3) is 3.77. The smallest absolute Gasteiger partial charge is 0.381 e. The zero-order valence-corrected chi connectivity index (χ0v) is 17.3. The number of hydrogen-bond acceptors (Lipinski definition) is 6. The molecule has 29 heavy (non-hydrogen) atoms. The second kappa shape index (κ2) is 7.14. The van der Waals surface area contributed by atoms with Crippen molar-refractivity contribution >= 4 is 10.0 Å². The van der Waals surface area contributed by atoms with Crippen LogP contribution in [0.5, 0.6) is 0 Å². The molecule has 162 valence electrons. The molecule has 11 heteroatoms. The van der Waals surface area contributed by atoms with Crippen LogP contribution in [0.25, 0.3) is 0 Å². The van der Waals surface area contributed by atoms with Crippen molar-refractivity contribution in [2.75, 3.05) is 45.9 Å². The Morgan fingerprint density at radius 1 is 1.21 bits per heavy atom. The van der Waals surface area contributed by atoms with Gasteiger partial charge in [0.15, 0.2) is 0 Å². The maximum atomic E-state index is 13.1. The lowest BCUT2D eigenvalue weighted by atomic mass is 9.74. The van der Waals surface area contributed by atoms with Crippen molar-refractivity contribution in [2.45, 2.75) is 37.8 Å². The maximum Gasteiger partial charge on any atom is 0.451 e. The van der Waals surface area contributed by atoms with Crippen LogP contribution < -0.4 is 0 Å². The normalized spacial score (nSPS) is 25.2. The standard InChI is InChI=1S/C18H25F3N4O3S/c1-3-14-15(12(2)22-16(23-14)18(19,20)21)29(26,27)25-10-17(11-25)8-24(9-17)6-13-4-5-28-7-13/h13H,3-11H2,1-2H3/t13-/m0/s1. The molecule has 3 aliphatic rings. The van der Waals surface area contributed by atoms with Crippen LogP contribution in [-0.2, 0) is 27.4 Å². The molecule has 0 saturated carbocycles. The largest absolute Gasteiger partial charge is 0.451 e. The molecule has 1 aromatic rings. The van der Waals surface area contributed by atoms with E-state index in [1.165, 1.54) is 11.2 Å². The number of aryl methyl sites for hydroxylation is 2. The van der Waals surface area contributed by atoms with Crippen molar-refractivity contribution < 1.29 is 26.3 Å². The predicted octanol–water partition coefficient (Wildman–Crippen LogP) is 1.71. The molecular formula is C18H25F3N4O3S.